The van der Waals surface area contributed by atoms with E-state index in [4.69, 9.17) is 10.3 Å². The van der Waals surface area contributed by atoms with Gasteiger partial charge in [-0.05, 0) is 42.5 Å². The van der Waals surface area contributed by atoms with E-state index in [2.05, 4.69) is 17.1 Å². The smallest absolute Gasteiger partial charge is 0.226 e. The number of nitrogens with two attached hydrogens (primary N) is 1. The molecule has 0 aliphatic heterocycles. The van der Waals surface area contributed by atoms with Gasteiger partial charge in [0.15, 0.2) is 5.82 Å². The van der Waals surface area contributed by atoms with E-state index in [9.17, 15) is 4.39 Å². The SMILES string of the molecule is CCCc1nc(C2(N)CCc3cc(F)ccc32)no1. The van der Waals surface area contributed by atoms with Crippen LogP contribution in [0.15, 0.2) is 22.7 Å². The molecule has 0 radical (unpaired) electrons. The first-order valence-corrected chi connectivity index (χ1v) is 6.54. The van der Waals surface area contributed by atoms with E-state index in [0.717, 1.165) is 30.4 Å². The van der Waals surface area contributed by atoms with Crippen molar-refractivity contribution in [1.82, 2.24) is 10.1 Å². The van der Waals surface area contributed by atoms with Gasteiger partial charge in [0.2, 0.25) is 5.89 Å². The third-order valence-corrected chi connectivity index (χ3v) is 3.67. The lowest BCUT2D eigenvalue weighted by molar-refractivity contribution is 0.359. The van der Waals surface area contributed by atoms with E-state index in [0.29, 0.717) is 18.1 Å². The van der Waals surface area contributed by atoms with E-state index >= 15 is 0 Å². The van der Waals surface area contributed by atoms with E-state index in [1.165, 1.54) is 12.1 Å². The zero-order valence-corrected chi connectivity index (χ0v) is 10.8. The Balaban J connectivity index is 2.01. The van der Waals surface area contributed by atoms with Crippen molar-refractivity contribution >= 4 is 0 Å². The van der Waals surface area contributed by atoms with Crippen LogP contribution in [0, 0.1) is 5.82 Å². The van der Waals surface area contributed by atoms with Gasteiger partial charge < -0.3 is 10.3 Å². The zero-order chi connectivity index (χ0) is 13.5. The van der Waals surface area contributed by atoms with Gasteiger partial charge in [-0.1, -0.05) is 18.1 Å². The average Bonchev–Trinajstić information content (AvgIpc) is 2.97. The van der Waals surface area contributed by atoms with E-state index < -0.39 is 5.54 Å². The van der Waals surface area contributed by atoms with Crippen molar-refractivity contribution in [3.63, 3.8) is 0 Å². The van der Waals surface area contributed by atoms with Crippen LogP contribution in [-0.4, -0.2) is 10.1 Å². The summed E-state index contributed by atoms with van der Waals surface area (Å²) in [6, 6.07) is 4.70. The van der Waals surface area contributed by atoms with Crippen molar-refractivity contribution in [1.29, 1.82) is 0 Å². The highest BCUT2D eigenvalue weighted by Crippen LogP contribution is 2.38. The Morgan fingerprint density at radius 2 is 2.32 bits per heavy atom. The summed E-state index contributed by atoms with van der Waals surface area (Å²) in [5.41, 5.74) is 7.53. The highest BCUT2D eigenvalue weighted by Gasteiger charge is 2.40. The molecule has 100 valence electrons. The second-order valence-electron chi connectivity index (χ2n) is 5.03. The molecule has 0 spiro atoms. The molecule has 0 saturated carbocycles. The Labute approximate surface area is 110 Å². The van der Waals surface area contributed by atoms with Crippen molar-refractivity contribution in [3.8, 4) is 0 Å². The van der Waals surface area contributed by atoms with Crippen LogP contribution >= 0.6 is 0 Å². The van der Waals surface area contributed by atoms with Crippen molar-refractivity contribution < 1.29 is 8.91 Å². The first-order chi connectivity index (χ1) is 9.13. The van der Waals surface area contributed by atoms with E-state index in [-0.39, 0.29) is 5.82 Å². The molecular formula is C14H16FN3O. The predicted octanol–water partition coefficient (Wildman–Crippen LogP) is 2.31. The number of benzene rings is 1. The molecule has 0 saturated heterocycles. The van der Waals surface area contributed by atoms with Gasteiger partial charge in [0.1, 0.15) is 11.4 Å². The lowest BCUT2D eigenvalue weighted by Gasteiger charge is -2.20. The molecule has 1 aliphatic rings. The summed E-state index contributed by atoms with van der Waals surface area (Å²) in [7, 11) is 0. The predicted molar refractivity (Wildman–Crippen MR) is 68.0 cm³/mol. The number of hydrogen-bond acceptors (Lipinski definition) is 4. The summed E-state index contributed by atoms with van der Waals surface area (Å²) in [5.74, 6) is 0.877. The first-order valence-electron chi connectivity index (χ1n) is 6.54. The van der Waals surface area contributed by atoms with Crippen LogP contribution in [0.25, 0.3) is 0 Å². The molecule has 5 heteroatoms. The number of aryl methyl sites for hydroxylation is 2. The van der Waals surface area contributed by atoms with Crippen molar-refractivity contribution in [2.24, 2.45) is 5.73 Å². The Hall–Kier alpha value is -1.75. The molecule has 1 aromatic heterocycles. The maximum atomic E-state index is 13.2. The number of nitrogens with zero attached hydrogens (tertiary/aromatic N) is 2. The first kappa shape index (κ1) is 12.3. The molecule has 0 bridgehead atoms. The third kappa shape index (κ3) is 1.94. The topological polar surface area (TPSA) is 64.9 Å². The number of rotatable bonds is 3. The van der Waals surface area contributed by atoms with Gasteiger partial charge in [-0.15, -0.1) is 0 Å². The van der Waals surface area contributed by atoms with Gasteiger partial charge >= 0.3 is 0 Å². The van der Waals surface area contributed by atoms with Gasteiger partial charge in [0.05, 0.1) is 0 Å². The van der Waals surface area contributed by atoms with Crippen LogP contribution in [-0.2, 0) is 18.4 Å². The summed E-state index contributed by atoms with van der Waals surface area (Å²) < 4.78 is 18.4. The standard InChI is InChI=1S/C14H16FN3O/c1-2-3-12-17-13(18-19-12)14(16)7-6-9-8-10(15)4-5-11(9)14/h4-5,8H,2-3,6-7,16H2,1H3. The second-order valence-corrected chi connectivity index (χ2v) is 5.03. The maximum absolute atomic E-state index is 13.2. The largest absolute Gasteiger partial charge is 0.339 e. The minimum atomic E-state index is -0.751. The van der Waals surface area contributed by atoms with Gasteiger partial charge in [0, 0.05) is 6.42 Å². The fourth-order valence-electron chi connectivity index (χ4n) is 2.65. The van der Waals surface area contributed by atoms with Crippen LogP contribution < -0.4 is 5.73 Å². The summed E-state index contributed by atoms with van der Waals surface area (Å²) >= 11 is 0. The molecule has 2 N–H and O–H groups in total. The molecule has 1 aromatic carbocycles. The summed E-state index contributed by atoms with van der Waals surface area (Å²) in [6.07, 6.45) is 3.11. The Bertz CT molecular complexity index is 610. The zero-order valence-electron chi connectivity index (χ0n) is 10.8. The summed E-state index contributed by atoms with van der Waals surface area (Å²) in [6.45, 7) is 2.05. The van der Waals surface area contributed by atoms with Gasteiger partial charge in [-0.3, -0.25) is 0 Å². The Morgan fingerprint density at radius 3 is 3.11 bits per heavy atom. The van der Waals surface area contributed by atoms with E-state index in [1.54, 1.807) is 6.07 Å². The molecular weight excluding hydrogens is 245 g/mol. The highest BCUT2D eigenvalue weighted by molar-refractivity contribution is 5.43. The Morgan fingerprint density at radius 1 is 1.47 bits per heavy atom. The quantitative estimate of drug-likeness (QED) is 0.920. The number of fused-ring (bicyclic) bond motifs is 1. The molecule has 2 aromatic rings. The van der Waals surface area contributed by atoms with Gasteiger partial charge in [0.25, 0.3) is 0 Å². The molecule has 0 amide bonds. The van der Waals surface area contributed by atoms with Crippen molar-refractivity contribution in [2.75, 3.05) is 0 Å². The van der Waals surface area contributed by atoms with Crippen LogP contribution in [0.4, 0.5) is 4.39 Å². The molecule has 19 heavy (non-hydrogen) atoms. The van der Waals surface area contributed by atoms with Gasteiger partial charge in [-0.2, -0.15) is 4.98 Å². The number of hydrogen-bond donors (Lipinski definition) is 1. The normalized spacial score (nSPS) is 21.6. The number of aromatic nitrogens is 2. The van der Waals surface area contributed by atoms with Crippen LogP contribution in [0.5, 0.6) is 0 Å². The minimum Gasteiger partial charge on any atom is -0.339 e. The van der Waals surface area contributed by atoms with E-state index in [1.807, 2.05) is 0 Å². The lowest BCUT2D eigenvalue weighted by atomic mass is 9.92. The molecule has 3 rings (SSSR count). The maximum Gasteiger partial charge on any atom is 0.226 e. The molecule has 1 heterocycles. The van der Waals surface area contributed by atoms with Crippen LogP contribution in [0.3, 0.4) is 0 Å². The molecule has 1 aliphatic carbocycles. The highest BCUT2D eigenvalue weighted by atomic mass is 19.1. The fourth-order valence-corrected chi connectivity index (χ4v) is 2.65. The Kier molecular flexibility index (Phi) is 2.86. The minimum absolute atomic E-state index is 0.234. The summed E-state index contributed by atoms with van der Waals surface area (Å²) in [5, 5.41) is 4.01. The summed E-state index contributed by atoms with van der Waals surface area (Å²) in [4.78, 5) is 4.38. The second kappa shape index (κ2) is 4.42. The lowest BCUT2D eigenvalue weighted by Crippen LogP contribution is -2.36. The van der Waals surface area contributed by atoms with Gasteiger partial charge in [-0.25, -0.2) is 4.39 Å². The fraction of sp³-hybridized carbons (Fsp3) is 0.429. The molecule has 0 fully saturated rings. The van der Waals surface area contributed by atoms with Crippen LogP contribution in [0.2, 0.25) is 0 Å². The molecule has 1 atom stereocenters. The van der Waals surface area contributed by atoms with Crippen LogP contribution in [0.1, 0.15) is 42.6 Å². The monoisotopic (exact) mass is 261 g/mol. The number of halogens is 1. The average molecular weight is 261 g/mol. The van der Waals surface area contributed by atoms with Crippen molar-refractivity contribution in [3.05, 3.63) is 46.9 Å². The van der Waals surface area contributed by atoms with Crippen molar-refractivity contribution in [2.45, 2.75) is 38.1 Å². The molecule has 1 unspecified atom stereocenters. The molecule has 4 nitrogen and oxygen atoms in total. The third-order valence-electron chi connectivity index (χ3n) is 3.67.